The van der Waals surface area contributed by atoms with Gasteiger partial charge in [0.15, 0.2) is 11.3 Å². The van der Waals surface area contributed by atoms with Crippen LogP contribution < -0.4 is 0 Å². The van der Waals surface area contributed by atoms with Gasteiger partial charge in [0, 0.05) is 49.3 Å². The second-order valence-electron chi connectivity index (χ2n) is 7.12. The zero-order chi connectivity index (χ0) is 22.3. The van der Waals surface area contributed by atoms with Gasteiger partial charge in [-0.15, -0.1) is 0 Å². The van der Waals surface area contributed by atoms with E-state index in [1.807, 2.05) is 6.07 Å². The molecule has 0 radical (unpaired) electrons. The van der Waals surface area contributed by atoms with Crippen LogP contribution in [-0.2, 0) is 10.0 Å². The van der Waals surface area contributed by atoms with Crippen LogP contribution in [0.3, 0.4) is 0 Å². The number of para-hydroxylation sites is 1. The molecule has 1 aliphatic heterocycles. The third-order valence-electron chi connectivity index (χ3n) is 5.30. The number of hydrogen-bond donors (Lipinski definition) is 0. The number of carbonyl (C=O) groups is 1. The van der Waals surface area contributed by atoms with Gasteiger partial charge >= 0.3 is 0 Å². The van der Waals surface area contributed by atoms with Gasteiger partial charge < -0.3 is 9.32 Å². The molecule has 11 heteroatoms. The first-order valence-electron chi connectivity index (χ1n) is 9.41. The van der Waals surface area contributed by atoms with Gasteiger partial charge in [-0.2, -0.15) is 4.31 Å². The molecule has 0 aliphatic carbocycles. The van der Waals surface area contributed by atoms with E-state index < -0.39 is 14.9 Å². The molecule has 0 saturated carbocycles. The first kappa shape index (κ1) is 21.3. The number of aryl methyl sites for hydroxylation is 1. The largest absolute Gasteiger partial charge is 0.449 e. The number of piperazine rings is 1. The Morgan fingerprint density at radius 1 is 1.13 bits per heavy atom. The summed E-state index contributed by atoms with van der Waals surface area (Å²) < 4.78 is 32.7. The highest BCUT2D eigenvalue weighted by Gasteiger charge is 2.33. The lowest BCUT2D eigenvalue weighted by molar-refractivity contribution is -0.385. The van der Waals surface area contributed by atoms with Crippen molar-refractivity contribution in [3.05, 3.63) is 68.9 Å². The highest BCUT2D eigenvalue weighted by Crippen LogP contribution is 2.31. The molecule has 31 heavy (non-hydrogen) atoms. The Kier molecular flexibility index (Phi) is 5.46. The molecule has 0 atom stereocenters. The molecule has 4 rings (SSSR count). The van der Waals surface area contributed by atoms with E-state index in [0.29, 0.717) is 16.2 Å². The Labute approximate surface area is 183 Å². The summed E-state index contributed by atoms with van der Waals surface area (Å²) in [5, 5.41) is 12.1. The zero-order valence-corrected chi connectivity index (χ0v) is 18.0. The van der Waals surface area contributed by atoms with Crippen LogP contribution in [0.25, 0.3) is 11.0 Å². The predicted octanol–water partition coefficient (Wildman–Crippen LogP) is 3.45. The van der Waals surface area contributed by atoms with Crippen molar-refractivity contribution in [1.82, 2.24) is 9.21 Å². The second kappa shape index (κ2) is 7.95. The summed E-state index contributed by atoms with van der Waals surface area (Å²) in [6.45, 7) is 2.24. The maximum Gasteiger partial charge on any atom is 0.289 e. The molecular weight excluding hydrogens is 446 g/mol. The number of amides is 1. The molecule has 0 N–H and O–H groups in total. The Bertz CT molecular complexity index is 1300. The number of benzene rings is 2. The van der Waals surface area contributed by atoms with Crippen LogP contribution in [0.15, 0.2) is 51.8 Å². The summed E-state index contributed by atoms with van der Waals surface area (Å²) in [5.74, 6) is -0.157. The van der Waals surface area contributed by atoms with Crippen molar-refractivity contribution in [3.8, 4) is 0 Å². The number of hydrogen-bond acceptors (Lipinski definition) is 6. The summed E-state index contributed by atoms with van der Waals surface area (Å²) in [7, 11) is -3.92. The standard InChI is InChI=1S/C20H18ClN3O6S/c1-13-16-6-3-7-17(21)19(16)30-18(13)20(25)22-8-10-23(11-9-22)31(28,29)15-5-2-4-14(12-15)24(26)27/h2-7,12H,8-11H2,1H3. The van der Waals surface area contributed by atoms with Gasteiger partial charge in [0.05, 0.1) is 14.8 Å². The van der Waals surface area contributed by atoms with Crippen LogP contribution in [0, 0.1) is 17.0 Å². The molecule has 1 fully saturated rings. The monoisotopic (exact) mass is 463 g/mol. The van der Waals surface area contributed by atoms with Gasteiger partial charge in [0.1, 0.15) is 0 Å². The zero-order valence-electron chi connectivity index (χ0n) is 16.4. The number of sulfonamides is 1. The van der Waals surface area contributed by atoms with Gasteiger partial charge in [-0.1, -0.05) is 29.8 Å². The van der Waals surface area contributed by atoms with E-state index in [9.17, 15) is 23.3 Å². The van der Waals surface area contributed by atoms with E-state index in [0.717, 1.165) is 11.5 Å². The van der Waals surface area contributed by atoms with E-state index in [1.165, 1.54) is 27.4 Å². The van der Waals surface area contributed by atoms with Crippen LogP contribution in [0.4, 0.5) is 5.69 Å². The lowest BCUT2D eigenvalue weighted by atomic mass is 10.1. The molecule has 1 amide bonds. The van der Waals surface area contributed by atoms with Gasteiger partial charge in [0.25, 0.3) is 11.6 Å². The third-order valence-corrected chi connectivity index (χ3v) is 7.49. The first-order chi connectivity index (χ1) is 14.7. The number of carbonyl (C=O) groups excluding carboxylic acids is 1. The lowest BCUT2D eigenvalue weighted by Gasteiger charge is -2.33. The summed E-state index contributed by atoms with van der Waals surface area (Å²) in [4.78, 5) is 24.7. The molecular formula is C20H18ClN3O6S. The Morgan fingerprint density at radius 3 is 2.45 bits per heavy atom. The van der Waals surface area contributed by atoms with Gasteiger partial charge in [-0.3, -0.25) is 14.9 Å². The van der Waals surface area contributed by atoms with Crippen LogP contribution in [0.5, 0.6) is 0 Å². The number of fused-ring (bicyclic) bond motifs is 1. The smallest absolute Gasteiger partial charge is 0.289 e. The predicted molar refractivity (Wildman–Crippen MR) is 114 cm³/mol. The molecule has 1 aromatic heterocycles. The number of nitro groups is 1. The maximum atomic E-state index is 13.0. The number of halogens is 1. The normalized spacial score (nSPS) is 15.4. The SMILES string of the molecule is Cc1c(C(=O)N2CCN(S(=O)(=O)c3cccc([N+](=O)[O-])c3)CC2)oc2c(Cl)cccc12. The Hall–Kier alpha value is -2.95. The topological polar surface area (TPSA) is 114 Å². The maximum absolute atomic E-state index is 13.0. The van der Waals surface area contributed by atoms with Crippen LogP contribution in [0.1, 0.15) is 16.1 Å². The lowest BCUT2D eigenvalue weighted by Crippen LogP contribution is -2.50. The fourth-order valence-electron chi connectivity index (χ4n) is 3.59. The fraction of sp³-hybridized carbons (Fsp3) is 0.250. The van der Waals surface area contributed by atoms with E-state index in [1.54, 1.807) is 19.1 Å². The van der Waals surface area contributed by atoms with Crippen molar-refractivity contribution in [2.24, 2.45) is 0 Å². The highest BCUT2D eigenvalue weighted by atomic mass is 35.5. The van der Waals surface area contributed by atoms with Crippen LogP contribution >= 0.6 is 11.6 Å². The molecule has 162 valence electrons. The number of non-ortho nitro benzene ring substituents is 1. The van der Waals surface area contributed by atoms with E-state index >= 15 is 0 Å². The van der Waals surface area contributed by atoms with Gasteiger partial charge in [-0.25, -0.2) is 8.42 Å². The number of nitrogens with zero attached hydrogens (tertiary/aromatic N) is 3. The average molecular weight is 464 g/mol. The fourth-order valence-corrected chi connectivity index (χ4v) is 5.27. The quantitative estimate of drug-likeness (QED) is 0.432. The molecule has 0 bridgehead atoms. The summed E-state index contributed by atoms with van der Waals surface area (Å²) in [6.07, 6.45) is 0. The Morgan fingerprint density at radius 2 is 1.81 bits per heavy atom. The second-order valence-corrected chi connectivity index (χ2v) is 9.47. The molecule has 1 saturated heterocycles. The van der Waals surface area contributed by atoms with Crippen LogP contribution in [-0.4, -0.2) is 54.6 Å². The minimum Gasteiger partial charge on any atom is -0.449 e. The number of rotatable bonds is 4. The van der Waals surface area contributed by atoms with E-state index in [-0.39, 0.29) is 48.4 Å². The van der Waals surface area contributed by atoms with Crippen molar-refractivity contribution in [1.29, 1.82) is 0 Å². The van der Waals surface area contributed by atoms with Crippen molar-refractivity contribution >= 4 is 44.2 Å². The summed E-state index contributed by atoms with van der Waals surface area (Å²) in [5.41, 5.74) is 0.819. The molecule has 2 heterocycles. The summed E-state index contributed by atoms with van der Waals surface area (Å²) in [6, 6.07) is 10.2. The number of furan rings is 1. The third kappa shape index (κ3) is 3.78. The molecule has 0 spiro atoms. The minimum atomic E-state index is -3.92. The molecule has 0 unspecified atom stereocenters. The van der Waals surface area contributed by atoms with Gasteiger partial charge in [0.2, 0.25) is 10.0 Å². The van der Waals surface area contributed by atoms with Crippen molar-refractivity contribution in [2.45, 2.75) is 11.8 Å². The Balaban J connectivity index is 1.52. The van der Waals surface area contributed by atoms with Crippen molar-refractivity contribution in [2.75, 3.05) is 26.2 Å². The molecule has 9 nitrogen and oxygen atoms in total. The van der Waals surface area contributed by atoms with Gasteiger partial charge in [-0.05, 0) is 19.1 Å². The highest BCUT2D eigenvalue weighted by molar-refractivity contribution is 7.89. The van der Waals surface area contributed by atoms with Crippen LogP contribution in [0.2, 0.25) is 5.02 Å². The molecule has 3 aromatic rings. The first-order valence-corrected chi connectivity index (χ1v) is 11.2. The average Bonchev–Trinajstić information content (AvgIpc) is 3.11. The van der Waals surface area contributed by atoms with E-state index in [2.05, 4.69) is 0 Å². The van der Waals surface area contributed by atoms with E-state index in [4.69, 9.17) is 16.0 Å². The van der Waals surface area contributed by atoms with Crippen molar-refractivity contribution < 1.29 is 22.6 Å². The number of nitro benzene ring substituents is 1. The molecule has 2 aromatic carbocycles. The van der Waals surface area contributed by atoms with Crippen molar-refractivity contribution in [3.63, 3.8) is 0 Å². The summed E-state index contributed by atoms with van der Waals surface area (Å²) >= 11 is 6.16. The minimum absolute atomic E-state index is 0.0663. The molecule has 1 aliphatic rings.